The van der Waals surface area contributed by atoms with Crippen LogP contribution in [0.5, 0.6) is 0 Å². The molecule has 24 heavy (non-hydrogen) atoms. The van der Waals surface area contributed by atoms with Crippen molar-refractivity contribution in [3.63, 3.8) is 0 Å². The fraction of sp³-hybridized carbons (Fsp3) is 0.133. The molecule has 124 valence electrons. The highest BCUT2D eigenvalue weighted by Crippen LogP contribution is 2.36. The zero-order valence-corrected chi connectivity index (χ0v) is 13.9. The van der Waals surface area contributed by atoms with Gasteiger partial charge in [-0.15, -0.1) is 11.3 Å². The minimum atomic E-state index is -4.42. The number of benzene rings is 1. The Bertz CT molecular complexity index is 865. The minimum absolute atomic E-state index is 0.163. The van der Waals surface area contributed by atoms with Gasteiger partial charge in [0.2, 0.25) is 0 Å². The average Bonchev–Trinajstić information content (AvgIpc) is 3.04. The smallest absolute Gasteiger partial charge is 0.416 e. The summed E-state index contributed by atoms with van der Waals surface area (Å²) >= 11 is -0.105. The van der Waals surface area contributed by atoms with Gasteiger partial charge in [0.15, 0.2) is 0 Å². The van der Waals surface area contributed by atoms with E-state index in [-0.39, 0.29) is 5.16 Å². The molecule has 0 aliphatic rings. The standard InChI is InChI=1S/C15H10F3N3OS2/c1-24(22)14-19-6-5-11(21-14)13-12(20-8-23-13)9-3-2-4-10(7-9)15(16,17)18/h2-8H,1H3. The molecule has 1 aromatic carbocycles. The molecule has 3 aromatic rings. The van der Waals surface area contributed by atoms with E-state index in [9.17, 15) is 17.7 Å². The molecule has 0 saturated carbocycles. The molecule has 3 rings (SSSR count). The van der Waals surface area contributed by atoms with Gasteiger partial charge in [-0.05, 0) is 18.2 Å². The maximum absolute atomic E-state index is 12.9. The fourth-order valence-corrected chi connectivity index (χ4v) is 3.30. The second kappa shape index (κ2) is 6.50. The summed E-state index contributed by atoms with van der Waals surface area (Å²) in [7, 11) is 0. The van der Waals surface area contributed by atoms with Crippen molar-refractivity contribution in [3.05, 3.63) is 47.6 Å². The van der Waals surface area contributed by atoms with Gasteiger partial charge in [0, 0.05) is 22.9 Å². The van der Waals surface area contributed by atoms with E-state index in [0.29, 0.717) is 21.8 Å². The molecule has 0 fully saturated rings. The number of nitrogens with zero attached hydrogens (tertiary/aromatic N) is 3. The molecule has 1 unspecified atom stereocenters. The van der Waals surface area contributed by atoms with Crippen LogP contribution in [-0.4, -0.2) is 25.8 Å². The Morgan fingerprint density at radius 1 is 1.17 bits per heavy atom. The Kier molecular flexibility index (Phi) is 4.57. The molecule has 0 N–H and O–H groups in total. The third kappa shape index (κ3) is 3.42. The van der Waals surface area contributed by atoms with Crippen molar-refractivity contribution in [1.29, 1.82) is 0 Å². The molecular weight excluding hydrogens is 359 g/mol. The van der Waals surface area contributed by atoms with E-state index in [0.717, 1.165) is 12.1 Å². The van der Waals surface area contributed by atoms with Crippen LogP contribution in [0, 0.1) is 0 Å². The van der Waals surface area contributed by atoms with E-state index in [1.165, 1.54) is 35.4 Å². The number of aromatic nitrogens is 3. The Morgan fingerprint density at radius 3 is 2.67 bits per heavy atom. The lowest BCUT2D eigenvalue weighted by Gasteiger charge is -2.09. The summed E-state index contributed by atoms with van der Waals surface area (Å²) in [6, 6.07) is 6.58. The number of rotatable bonds is 3. The first-order valence-electron chi connectivity index (χ1n) is 6.64. The van der Waals surface area contributed by atoms with Crippen molar-refractivity contribution in [2.45, 2.75) is 11.3 Å². The van der Waals surface area contributed by atoms with Gasteiger partial charge in [0.1, 0.15) is 6.26 Å². The topological polar surface area (TPSA) is 61.7 Å². The van der Waals surface area contributed by atoms with Crippen molar-refractivity contribution in [3.8, 4) is 21.8 Å². The van der Waals surface area contributed by atoms with Crippen molar-refractivity contribution in [2.75, 3.05) is 6.26 Å². The van der Waals surface area contributed by atoms with Crippen molar-refractivity contribution >= 4 is 22.5 Å². The van der Waals surface area contributed by atoms with Gasteiger partial charge in [-0.1, -0.05) is 12.1 Å². The second-order valence-corrected chi connectivity index (χ2v) is 6.92. The first-order valence-corrected chi connectivity index (χ1v) is 9.08. The van der Waals surface area contributed by atoms with Gasteiger partial charge in [0.05, 0.1) is 27.3 Å². The third-order valence-electron chi connectivity index (χ3n) is 3.15. The number of hydrogen-bond donors (Lipinski definition) is 0. The Labute approximate surface area is 142 Å². The average molecular weight is 369 g/mol. The highest BCUT2D eigenvalue weighted by molar-refractivity contribution is 7.90. The number of halogens is 3. The molecule has 2 aromatic heterocycles. The lowest BCUT2D eigenvalue weighted by Crippen LogP contribution is -2.05. The third-order valence-corrected chi connectivity index (χ3v) is 4.71. The number of thiazole rings is 1. The molecule has 0 bridgehead atoms. The van der Waals surface area contributed by atoms with Gasteiger partial charge in [-0.3, -0.25) is 0 Å². The van der Waals surface area contributed by atoms with Crippen LogP contribution in [0.2, 0.25) is 0 Å². The number of alkyl halides is 3. The van der Waals surface area contributed by atoms with Gasteiger partial charge >= 0.3 is 11.3 Å². The normalized spacial score (nSPS) is 13.0. The molecular formula is C15H10F3N3OS2. The highest BCUT2D eigenvalue weighted by atomic mass is 32.2. The minimum Gasteiger partial charge on any atom is -0.609 e. The quantitative estimate of drug-likeness (QED) is 0.517. The summed E-state index contributed by atoms with van der Waals surface area (Å²) < 4.78 is 50.2. The lowest BCUT2D eigenvalue weighted by molar-refractivity contribution is -0.137. The second-order valence-electron chi connectivity index (χ2n) is 4.79. The lowest BCUT2D eigenvalue weighted by atomic mass is 10.1. The summed E-state index contributed by atoms with van der Waals surface area (Å²) in [4.78, 5) is 12.9. The molecule has 0 saturated heterocycles. The van der Waals surface area contributed by atoms with E-state index < -0.39 is 22.9 Å². The molecule has 0 radical (unpaired) electrons. The molecule has 0 spiro atoms. The molecule has 9 heteroatoms. The van der Waals surface area contributed by atoms with E-state index in [1.807, 2.05) is 0 Å². The summed E-state index contributed by atoms with van der Waals surface area (Å²) in [5.74, 6) is 0. The Hall–Kier alpha value is -1.97. The Morgan fingerprint density at radius 2 is 1.96 bits per heavy atom. The molecule has 0 aliphatic heterocycles. The maximum Gasteiger partial charge on any atom is 0.416 e. The van der Waals surface area contributed by atoms with Crippen LogP contribution in [0.3, 0.4) is 0 Å². The molecule has 1 atom stereocenters. The van der Waals surface area contributed by atoms with Crippen LogP contribution in [0.1, 0.15) is 5.56 Å². The summed E-state index contributed by atoms with van der Waals surface area (Å²) in [5, 5.41) is 0.163. The predicted molar refractivity (Wildman–Crippen MR) is 85.9 cm³/mol. The molecule has 0 amide bonds. The summed E-state index contributed by atoms with van der Waals surface area (Å²) in [6.45, 7) is 0. The van der Waals surface area contributed by atoms with Crippen molar-refractivity contribution < 1.29 is 17.7 Å². The van der Waals surface area contributed by atoms with Crippen LogP contribution < -0.4 is 0 Å². The Balaban J connectivity index is 2.07. The van der Waals surface area contributed by atoms with Crippen LogP contribution in [-0.2, 0) is 17.4 Å². The zero-order valence-electron chi connectivity index (χ0n) is 12.2. The largest absolute Gasteiger partial charge is 0.609 e. The van der Waals surface area contributed by atoms with E-state index in [2.05, 4.69) is 15.0 Å². The SMILES string of the molecule is C[S+]([O-])c1nccc(-c2scnc2-c2cccc(C(F)(F)F)c2)n1. The van der Waals surface area contributed by atoms with Crippen LogP contribution in [0.4, 0.5) is 13.2 Å². The highest BCUT2D eigenvalue weighted by Gasteiger charge is 2.30. The van der Waals surface area contributed by atoms with Crippen LogP contribution >= 0.6 is 11.3 Å². The van der Waals surface area contributed by atoms with Gasteiger partial charge in [0.25, 0.3) is 0 Å². The number of hydrogen-bond acceptors (Lipinski definition) is 5. The molecule has 0 aliphatic carbocycles. The van der Waals surface area contributed by atoms with Crippen molar-refractivity contribution in [1.82, 2.24) is 15.0 Å². The van der Waals surface area contributed by atoms with Crippen molar-refractivity contribution in [2.24, 2.45) is 0 Å². The summed E-state index contributed by atoms with van der Waals surface area (Å²) in [6.07, 6.45) is -1.50. The molecule has 2 heterocycles. The summed E-state index contributed by atoms with van der Waals surface area (Å²) in [5.41, 5.74) is 2.02. The maximum atomic E-state index is 12.9. The fourth-order valence-electron chi connectivity index (χ4n) is 2.08. The zero-order chi connectivity index (χ0) is 17.3. The monoisotopic (exact) mass is 369 g/mol. The van der Waals surface area contributed by atoms with Crippen LogP contribution in [0.25, 0.3) is 21.8 Å². The van der Waals surface area contributed by atoms with E-state index in [1.54, 1.807) is 12.1 Å². The van der Waals surface area contributed by atoms with E-state index in [4.69, 9.17) is 0 Å². The van der Waals surface area contributed by atoms with Crippen LogP contribution in [0.15, 0.2) is 47.2 Å². The first-order chi connectivity index (χ1) is 11.4. The molecule has 4 nitrogen and oxygen atoms in total. The van der Waals surface area contributed by atoms with Gasteiger partial charge < -0.3 is 4.55 Å². The first kappa shape index (κ1) is 16.9. The predicted octanol–water partition coefficient (Wildman–Crippen LogP) is 4.02. The van der Waals surface area contributed by atoms with Gasteiger partial charge in [-0.25, -0.2) is 4.98 Å². The van der Waals surface area contributed by atoms with E-state index >= 15 is 0 Å². The van der Waals surface area contributed by atoms with Gasteiger partial charge in [-0.2, -0.15) is 23.1 Å².